The fourth-order valence-electron chi connectivity index (χ4n) is 0.594. The predicted molar refractivity (Wildman–Crippen MR) is 42.5 cm³/mol. The molecule has 0 fully saturated rings. The average Bonchev–Trinajstić information content (AvgIpc) is 1.89. The maximum Gasteiger partial charge on any atom is 0.0912 e. The Hall–Kier alpha value is -0.700. The summed E-state index contributed by atoms with van der Waals surface area (Å²) in [7, 11) is 0. The van der Waals surface area contributed by atoms with Gasteiger partial charge >= 0.3 is 0 Å². The molecule has 0 atom stereocenters. The predicted octanol–water partition coefficient (Wildman–Crippen LogP) is 0.0391. The van der Waals surface area contributed by atoms with Crippen LogP contribution in [0.4, 0.5) is 0 Å². The minimum absolute atomic E-state index is 0.229. The van der Waals surface area contributed by atoms with Gasteiger partial charge in [0.1, 0.15) is 0 Å². The van der Waals surface area contributed by atoms with E-state index in [1.165, 1.54) is 0 Å². The van der Waals surface area contributed by atoms with E-state index in [0.717, 1.165) is 25.3 Å². The van der Waals surface area contributed by atoms with E-state index in [0.29, 0.717) is 0 Å². The first kappa shape index (κ1) is 9.30. The number of aliphatic hydroxyl groups is 1. The van der Waals surface area contributed by atoms with E-state index < -0.39 is 0 Å². The Labute approximate surface area is 62.1 Å². The summed E-state index contributed by atoms with van der Waals surface area (Å²) >= 11 is 0. The quantitative estimate of drug-likeness (QED) is 0.461. The lowest BCUT2D eigenvalue weighted by atomic mass is 10.4. The van der Waals surface area contributed by atoms with Crippen molar-refractivity contribution in [2.24, 2.45) is 0 Å². The van der Waals surface area contributed by atoms with Crippen LogP contribution in [0.25, 0.3) is 0 Å². The molecular weight excluding hydrogens is 128 g/mol. The molecule has 0 amide bonds. The van der Waals surface area contributed by atoms with Crippen LogP contribution in [-0.4, -0.2) is 24.8 Å². The Balaban J connectivity index is 3.05. The lowest BCUT2D eigenvalue weighted by Gasteiger charge is -2.08. The van der Waals surface area contributed by atoms with E-state index in [2.05, 4.69) is 17.2 Å². The number of rotatable bonds is 6. The largest absolute Gasteiger partial charge is 0.396 e. The van der Waals surface area contributed by atoms with Crippen molar-refractivity contribution in [2.45, 2.75) is 13.3 Å². The first-order chi connectivity index (χ1) is 4.81. The molecule has 0 saturated heterocycles. The number of hydrogen-bond donors (Lipinski definition) is 3. The highest BCUT2D eigenvalue weighted by Crippen LogP contribution is 1.77. The lowest BCUT2D eigenvalue weighted by molar-refractivity contribution is 0.287. The van der Waals surface area contributed by atoms with Gasteiger partial charge in [0.25, 0.3) is 0 Å². The van der Waals surface area contributed by atoms with Gasteiger partial charge < -0.3 is 15.7 Å². The van der Waals surface area contributed by atoms with Crippen molar-refractivity contribution >= 4 is 0 Å². The molecule has 0 aliphatic rings. The monoisotopic (exact) mass is 144 g/mol. The standard InChI is InChI=1S/C7H16N2O/c1-3-8-7(2)9-5-4-6-10/h8-10H,2-6H2,1H3. The Morgan fingerprint density at radius 1 is 1.50 bits per heavy atom. The molecule has 10 heavy (non-hydrogen) atoms. The molecule has 0 spiro atoms. The Kier molecular flexibility index (Phi) is 5.97. The minimum Gasteiger partial charge on any atom is -0.396 e. The number of hydrogen-bond acceptors (Lipinski definition) is 3. The maximum atomic E-state index is 8.42. The molecule has 0 aromatic heterocycles. The second-order valence-electron chi connectivity index (χ2n) is 2.01. The summed E-state index contributed by atoms with van der Waals surface area (Å²) in [5.41, 5.74) is 0. The summed E-state index contributed by atoms with van der Waals surface area (Å²) < 4.78 is 0. The average molecular weight is 144 g/mol. The zero-order valence-electron chi connectivity index (χ0n) is 6.48. The molecule has 60 valence electrons. The zero-order valence-corrected chi connectivity index (χ0v) is 6.48. The van der Waals surface area contributed by atoms with Crippen LogP contribution in [-0.2, 0) is 0 Å². The van der Waals surface area contributed by atoms with E-state index in [9.17, 15) is 0 Å². The van der Waals surface area contributed by atoms with Gasteiger partial charge in [0.15, 0.2) is 0 Å². The molecule has 0 aliphatic heterocycles. The summed E-state index contributed by atoms with van der Waals surface area (Å²) in [6, 6.07) is 0. The summed E-state index contributed by atoms with van der Waals surface area (Å²) in [6.07, 6.45) is 0.768. The van der Waals surface area contributed by atoms with Crippen molar-refractivity contribution in [2.75, 3.05) is 19.7 Å². The molecule has 0 bridgehead atoms. The van der Waals surface area contributed by atoms with Gasteiger partial charge in [0.05, 0.1) is 5.82 Å². The Morgan fingerprint density at radius 2 is 2.20 bits per heavy atom. The lowest BCUT2D eigenvalue weighted by Crippen LogP contribution is -2.26. The third-order valence-corrected chi connectivity index (χ3v) is 1.06. The van der Waals surface area contributed by atoms with Crippen molar-refractivity contribution in [3.63, 3.8) is 0 Å². The smallest absolute Gasteiger partial charge is 0.0912 e. The van der Waals surface area contributed by atoms with E-state index in [4.69, 9.17) is 5.11 Å². The van der Waals surface area contributed by atoms with Crippen LogP contribution in [0, 0.1) is 0 Å². The molecule has 0 heterocycles. The molecule has 0 unspecified atom stereocenters. The second-order valence-corrected chi connectivity index (χ2v) is 2.01. The Bertz CT molecular complexity index is 93.6. The second kappa shape index (κ2) is 6.42. The molecule has 0 aliphatic carbocycles. The number of nitrogens with one attached hydrogen (secondary N) is 2. The molecule has 3 N–H and O–H groups in total. The van der Waals surface area contributed by atoms with Crippen molar-refractivity contribution in [1.82, 2.24) is 10.6 Å². The van der Waals surface area contributed by atoms with Crippen LogP contribution in [0.5, 0.6) is 0 Å². The van der Waals surface area contributed by atoms with Crippen LogP contribution in [0.3, 0.4) is 0 Å². The topological polar surface area (TPSA) is 44.3 Å². The fourth-order valence-corrected chi connectivity index (χ4v) is 0.594. The molecule has 3 nitrogen and oxygen atoms in total. The summed E-state index contributed by atoms with van der Waals surface area (Å²) in [6.45, 7) is 7.61. The maximum absolute atomic E-state index is 8.42. The van der Waals surface area contributed by atoms with Gasteiger partial charge in [0, 0.05) is 19.7 Å². The van der Waals surface area contributed by atoms with Crippen molar-refractivity contribution in [1.29, 1.82) is 0 Å². The zero-order chi connectivity index (χ0) is 7.82. The molecule has 0 aromatic rings. The highest BCUT2D eigenvalue weighted by atomic mass is 16.3. The SMILES string of the molecule is C=C(NCC)NCCCO. The van der Waals surface area contributed by atoms with Gasteiger partial charge in [-0.2, -0.15) is 0 Å². The van der Waals surface area contributed by atoms with Gasteiger partial charge in [0.2, 0.25) is 0 Å². The third kappa shape index (κ3) is 5.44. The summed E-state index contributed by atoms with van der Waals surface area (Å²) in [4.78, 5) is 0. The highest BCUT2D eigenvalue weighted by molar-refractivity contribution is 4.86. The van der Waals surface area contributed by atoms with Gasteiger partial charge in [-0.05, 0) is 13.3 Å². The molecule has 0 radical (unpaired) electrons. The van der Waals surface area contributed by atoms with E-state index in [1.807, 2.05) is 6.92 Å². The first-order valence-corrected chi connectivity index (χ1v) is 3.58. The minimum atomic E-state index is 0.229. The first-order valence-electron chi connectivity index (χ1n) is 3.58. The van der Waals surface area contributed by atoms with Crippen LogP contribution in [0.15, 0.2) is 12.4 Å². The normalized spacial score (nSPS) is 9.00. The van der Waals surface area contributed by atoms with Gasteiger partial charge in [-0.1, -0.05) is 6.58 Å². The molecule has 3 heteroatoms. The van der Waals surface area contributed by atoms with Crippen LogP contribution in [0.1, 0.15) is 13.3 Å². The molecule has 0 aromatic carbocycles. The summed E-state index contributed by atoms with van der Waals surface area (Å²) in [5, 5.41) is 14.5. The van der Waals surface area contributed by atoms with Gasteiger partial charge in [-0.15, -0.1) is 0 Å². The molecule has 0 rings (SSSR count). The third-order valence-electron chi connectivity index (χ3n) is 1.06. The van der Waals surface area contributed by atoms with Crippen LogP contribution in [0.2, 0.25) is 0 Å². The van der Waals surface area contributed by atoms with E-state index in [1.54, 1.807) is 0 Å². The fraction of sp³-hybridized carbons (Fsp3) is 0.714. The van der Waals surface area contributed by atoms with E-state index in [-0.39, 0.29) is 6.61 Å². The highest BCUT2D eigenvalue weighted by Gasteiger charge is 1.87. The van der Waals surface area contributed by atoms with E-state index >= 15 is 0 Å². The van der Waals surface area contributed by atoms with Gasteiger partial charge in [-0.25, -0.2) is 0 Å². The number of aliphatic hydroxyl groups excluding tert-OH is 1. The van der Waals surface area contributed by atoms with Crippen molar-refractivity contribution in [3.05, 3.63) is 12.4 Å². The van der Waals surface area contributed by atoms with Crippen LogP contribution >= 0.6 is 0 Å². The van der Waals surface area contributed by atoms with Crippen LogP contribution < -0.4 is 10.6 Å². The Morgan fingerprint density at radius 3 is 2.70 bits per heavy atom. The van der Waals surface area contributed by atoms with Crippen molar-refractivity contribution in [3.8, 4) is 0 Å². The molecular formula is C7H16N2O. The summed E-state index contributed by atoms with van der Waals surface area (Å²) in [5.74, 6) is 0.830. The van der Waals surface area contributed by atoms with Gasteiger partial charge in [-0.3, -0.25) is 0 Å². The van der Waals surface area contributed by atoms with Crippen molar-refractivity contribution < 1.29 is 5.11 Å². The molecule has 0 saturated carbocycles.